The van der Waals surface area contributed by atoms with Gasteiger partial charge in [-0.25, -0.2) is 0 Å². The van der Waals surface area contributed by atoms with Crippen molar-refractivity contribution < 1.29 is 19.0 Å². The standard InChI is InChI=1S/C23H22BrNO4S2/c1-4-5-15-6-8-19(20(12-15)27-3)29-11-10-28-18-9-7-17(24)13-16(18)14-21-22(26)25(2)23(30)31-21/h4,6-9,12-14H,1,5,10-11H2,2-3H3. The first kappa shape index (κ1) is 23.4. The molecule has 0 spiro atoms. The van der Waals surface area contributed by atoms with Crippen LogP contribution < -0.4 is 14.2 Å². The normalized spacial score (nSPS) is 14.8. The van der Waals surface area contributed by atoms with Crippen LogP contribution in [0.15, 0.2) is 58.4 Å². The first-order valence-electron chi connectivity index (χ1n) is 9.47. The summed E-state index contributed by atoms with van der Waals surface area (Å²) >= 11 is 9.95. The number of ether oxygens (including phenoxy) is 3. The molecule has 5 nitrogen and oxygen atoms in total. The molecule has 8 heteroatoms. The fourth-order valence-electron chi connectivity index (χ4n) is 2.88. The number of carbonyl (C=O) groups is 1. The van der Waals surface area contributed by atoms with Crippen LogP contribution in [0.4, 0.5) is 0 Å². The molecule has 1 amide bonds. The van der Waals surface area contributed by atoms with Crippen molar-refractivity contribution in [3.05, 3.63) is 69.6 Å². The first-order chi connectivity index (χ1) is 14.9. The van der Waals surface area contributed by atoms with E-state index in [-0.39, 0.29) is 5.91 Å². The van der Waals surface area contributed by atoms with Crippen molar-refractivity contribution in [2.75, 3.05) is 27.4 Å². The maximum absolute atomic E-state index is 12.3. The van der Waals surface area contributed by atoms with Crippen LogP contribution in [0.25, 0.3) is 6.08 Å². The lowest BCUT2D eigenvalue weighted by molar-refractivity contribution is -0.121. The second-order valence-corrected chi connectivity index (χ2v) is 9.19. The Bertz CT molecular complexity index is 1040. The Morgan fingerprint density at radius 2 is 1.84 bits per heavy atom. The summed E-state index contributed by atoms with van der Waals surface area (Å²) in [6.45, 7) is 4.42. The summed E-state index contributed by atoms with van der Waals surface area (Å²) in [6.07, 6.45) is 4.41. The zero-order chi connectivity index (χ0) is 22.4. The van der Waals surface area contributed by atoms with Gasteiger partial charge >= 0.3 is 0 Å². The molecule has 162 valence electrons. The van der Waals surface area contributed by atoms with Gasteiger partial charge in [0.05, 0.1) is 12.0 Å². The van der Waals surface area contributed by atoms with E-state index in [0.717, 1.165) is 22.0 Å². The average Bonchev–Trinajstić information content (AvgIpc) is 2.99. The molecule has 2 aromatic rings. The highest BCUT2D eigenvalue weighted by Gasteiger charge is 2.29. The second kappa shape index (κ2) is 10.8. The molecule has 0 aliphatic carbocycles. The number of benzene rings is 2. The van der Waals surface area contributed by atoms with E-state index < -0.39 is 0 Å². The number of likely N-dealkylation sites (N-methyl/N-ethyl adjacent to an activating group) is 1. The predicted octanol–water partition coefficient (Wildman–Crippen LogP) is 5.48. The Hall–Kier alpha value is -2.29. The summed E-state index contributed by atoms with van der Waals surface area (Å²) in [6, 6.07) is 11.5. The molecule has 0 bridgehead atoms. The van der Waals surface area contributed by atoms with Crippen molar-refractivity contribution in [1.82, 2.24) is 4.90 Å². The maximum Gasteiger partial charge on any atom is 0.265 e. The molecule has 1 aliphatic rings. The van der Waals surface area contributed by atoms with E-state index in [9.17, 15) is 4.79 Å². The number of hydrogen-bond acceptors (Lipinski definition) is 6. The van der Waals surface area contributed by atoms with Crippen LogP contribution >= 0.6 is 39.9 Å². The minimum absolute atomic E-state index is 0.115. The summed E-state index contributed by atoms with van der Waals surface area (Å²) in [7, 11) is 3.29. The van der Waals surface area contributed by atoms with Gasteiger partial charge in [0, 0.05) is 17.1 Å². The lowest BCUT2D eigenvalue weighted by atomic mass is 10.1. The fourth-order valence-corrected chi connectivity index (χ4v) is 4.43. The highest BCUT2D eigenvalue weighted by molar-refractivity contribution is 9.10. The predicted molar refractivity (Wildman–Crippen MR) is 133 cm³/mol. The van der Waals surface area contributed by atoms with E-state index in [4.69, 9.17) is 26.4 Å². The molecule has 0 radical (unpaired) electrons. The highest BCUT2D eigenvalue weighted by atomic mass is 79.9. The monoisotopic (exact) mass is 519 g/mol. The van der Waals surface area contributed by atoms with Crippen molar-refractivity contribution in [2.24, 2.45) is 0 Å². The van der Waals surface area contributed by atoms with Gasteiger partial charge in [-0.05, 0) is 48.4 Å². The van der Waals surface area contributed by atoms with Gasteiger partial charge in [-0.15, -0.1) is 6.58 Å². The molecular formula is C23H22BrNO4S2. The van der Waals surface area contributed by atoms with Gasteiger partial charge < -0.3 is 14.2 Å². The third-order valence-corrected chi connectivity index (χ3v) is 6.43. The van der Waals surface area contributed by atoms with Gasteiger partial charge in [-0.2, -0.15) is 0 Å². The van der Waals surface area contributed by atoms with Crippen molar-refractivity contribution in [2.45, 2.75) is 6.42 Å². The number of carbonyl (C=O) groups excluding carboxylic acids is 1. The Morgan fingerprint density at radius 1 is 1.13 bits per heavy atom. The number of hydrogen-bond donors (Lipinski definition) is 0. The number of thioether (sulfide) groups is 1. The lowest BCUT2D eigenvalue weighted by Crippen LogP contribution is -2.22. The molecule has 1 saturated heterocycles. The topological polar surface area (TPSA) is 48.0 Å². The SMILES string of the molecule is C=CCc1ccc(OCCOc2ccc(Br)cc2C=C2SC(=S)N(C)C2=O)c(OC)c1. The van der Waals surface area contributed by atoms with E-state index in [1.54, 1.807) is 20.2 Å². The minimum Gasteiger partial charge on any atom is -0.493 e. The number of thiocarbonyl (C=S) groups is 1. The summed E-state index contributed by atoms with van der Waals surface area (Å²) in [5.41, 5.74) is 1.89. The Kier molecular flexibility index (Phi) is 8.17. The lowest BCUT2D eigenvalue weighted by Gasteiger charge is -2.13. The Labute approximate surface area is 200 Å². The van der Waals surface area contributed by atoms with Crippen LogP contribution in [-0.4, -0.2) is 42.5 Å². The van der Waals surface area contributed by atoms with Crippen LogP contribution in [-0.2, 0) is 11.2 Å². The van der Waals surface area contributed by atoms with E-state index in [2.05, 4.69) is 22.5 Å². The van der Waals surface area contributed by atoms with Crippen molar-refractivity contribution >= 4 is 56.2 Å². The summed E-state index contributed by atoms with van der Waals surface area (Å²) in [5.74, 6) is 1.87. The zero-order valence-electron chi connectivity index (χ0n) is 17.2. The second-order valence-electron chi connectivity index (χ2n) is 6.60. The molecule has 1 heterocycles. The highest BCUT2D eigenvalue weighted by Crippen LogP contribution is 2.34. The number of halogens is 1. The number of rotatable bonds is 9. The summed E-state index contributed by atoms with van der Waals surface area (Å²) < 4.78 is 18.6. The number of nitrogens with zero attached hydrogens (tertiary/aromatic N) is 1. The summed E-state index contributed by atoms with van der Waals surface area (Å²) in [5, 5.41) is 0. The maximum atomic E-state index is 12.3. The smallest absolute Gasteiger partial charge is 0.265 e. The van der Waals surface area contributed by atoms with E-state index in [0.29, 0.717) is 39.7 Å². The van der Waals surface area contributed by atoms with Gasteiger partial charge in [0.2, 0.25) is 0 Å². The number of methoxy groups -OCH3 is 1. The molecule has 0 unspecified atom stereocenters. The van der Waals surface area contributed by atoms with Crippen molar-refractivity contribution in [3.63, 3.8) is 0 Å². The molecular weight excluding hydrogens is 498 g/mol. The Morgan fingerprint density at radius 3 is 2.48 bits per heavy atom. The molecule has 0 aromatic heterocycles. The summed E-state index contributed by atoms with van der Waals surface area (Å²) in [4.78, 5) is 14.3. The van der Waals surface area contributed by atoms with Gasteiger partial charge in [0.15, 0.2) is 11.5 Å². The van der Waals surface area contributed by atoms with E-state index in [1.165, 1.54) is 16.7 Å². The van der Waals surface area contributed by atoms with Crippen molar-refractivity contribution in [3.8, 4) is 17.2 Å². The molecule has 2 aromatic carbocycles. The third kappa shape index (κ3) is 5.90. The average molecular weight is 520 g/mol. The van der Waals surface area contributed by atoms with Crippen LogP contribution in [0.1, 0.15) is 11.1 Å². The fraction of sp³-hybridized carbons (Fsp3) is 0.217. The third-order valence-electron chi connectivity index (χ3n) is 4.45. The molecule has 31 heavy (non-hydrogen) atoms. The molecule has 3 rings (SSSR count). The Balaban J connectivity index is 1.66. The van der Waals surface area contributed by atoms with Crippen LogP contribution in [0.3, 0.4) is 0 Å². The zero-order valence-corrected chi connectivity index (χ0v) is 20.4. The van der Waals surface area contributed by atoms with Gasteiger partial charge in [-0.1, -0.05) is 52.1 Å². The van der Waals surface area contributed by atoms with Crippen LogP contribution in [0.2, 0.25) is 0 Å². The van der Waals surface area contributed by atoms with E-state index in [1.807, 2.05) is 42.5 Å². The van der Waals surface area contributed by atoms with E-state index >= 15 is 0 Å². The quantitative estimate of drug-likeness (QED) is 0.189. The number of allylic oxidation sites excluding steroid dienone is 1. The minimum atomic E-state index is -0.115. The molecule has 0 saturated carbocycles. The molecule has 1 fully saturated rings. The molecule has 0 N–H and O–H groups in total. The van der Waals surface area contributed by atoms with Crippen molar-refractivity contribution in [1.29, 1.82) is 0 Å². The van der Waals surface area contributed by atoms with Gasteiger partial charge in [0.25, 0.3) is 5.91 Å². The van der Waals surface area contributed by atoms with Crippen LogP contribution in [0.5, 0.6) is 17.2 Å². The molecule has 1 aliphatic heterocycles. The molecule has 0 atom stereocenters. The number of amides is 1. The first-order valence-corrected chi connectivity index (χ1v) is 11.5. The van der Waals surface area contributed by atoms with Gasteiger partial charge in [0.1, 0.15) is 23.3 Å². The largest absolute Gasteiger partial charge is 0.493 e. The van der Waals surface area contributed by atoms with Gasteiger partial charge in [-0.3, -0.25) is 9.69 Å². The van der Waals surface area contributed by atoms with Crippen LogP contribution in [0, 0.1) is 0 Å².